The molecule has 1 aliphatic rings. The molecule has 0 spiro atoms. The average molecular weight is 383 g/mol. The van der Waals surface area contributed by atoms with Crippen LogP contribution < -0.4 is 0 Å². The third-order valence-electron chi connectivity index (χ3n) is 4.37. The van der Waals surface area contributed by atoms with Gasteiger partial charge in [-0.2, -0.15) is 0 Å². The monoisotopic (exact) mass is 383 g/mol. The molecule has 0 saturated heterocycles. The largest absolute Gasteiger partial charge is 0.246 e. The Morgan fingerprint density at radius 3 is 2.54 bits per heavy atom. The van der Waals surface area contributed by atoms with Gasteiger partial charge in [-0.05, 0) is 37.4 Å². The van der Waals surface area contributed by atoms with E-state index in [0.717, 1.165) is 11.3 Å². The summed E-state index contributed by atoms with van der Waals surface area (Å²) >= 11 is 1.67. The Labute approximate surface area is 156 Å². The average Bonchev–Trinajstić information content (AvgIpc) is 3.30. The molecule has 0 radical (unpaired) electrons. The van der Waals surface area contributed by atoms with Crippen LogP contribution in [0.1, 0.15) is 30.3 Å². The summed E-state index contributed by atoms with van der Waals surface area (Å²) in [6, 6.07) is 10.9. The quantitative estimate of drug-likeness (QED) is 0.676. The predicted octanol–water partition coefficient (Wildman–Crippen LogP) is 4.24. The van der Waals surface area contributed by atoms with Gasteiger partial charge in [0.25, 0.3) is 0 Å². The lowest BCUT2D eigenvalue weighted by Gasteiger charge is -2.10. The highest BCUT2D eigenvalue weighted by atomic mass is 32.2. The first-order chi connectivity index (χ1) is 12.5. The van der Waals surface area contributed by atoms with Crippen LogP contribution in [0, 0.1) is 0 Å². The summed E-state index contributed by atoms with van der Waals surface area (Å²) in [6.07, 6.45) is 3.55. The molecule has 4 rings (SSSR count). The van der Waals surface area contributed by atoms with Crippen molar-refractivity contribution in [2.45, 2.75) is 29.9 Å². The normalized spacial score (nSPS) is 16.2. The number of rotatable bonds is 4. The zero-order valence-electron chi connectivity index (χ0n) is 14.3. The van der Waals surface area contributed by atoms with Crippen LogP contribution in [-0.4, -0.2) is 29.9 Å². The highest BCUT2D eigenvalue weighted by Gasteiger charge is 2.25. The highest BCUT2D eigenvalue weighted by molar-refractivity contribution is 7.92. The van der Waals surface area contributed by atoms with Gasteiger partial charge >= 0.3 is 0 Å². The molecule has 26 heavy (non-hydrogen) atoms. The number of hydrogen-bond donors (Lipinski definition) is 0. The minimum absolute atomic E-state index is 0.0260. The Bertz CT molecular complexity index is 1070. The van der Waals surface area contributed by atoms with E-state index in [1.807, 2.05) is 17.7 Å². The molecule has 3 aromatic rings. The van der Waals surface area contributed by atoms with E-state index in [0.29, 0.717) is 16.4 Å². The Morgan fingerprint density at radius 2 is 1.88 bits per heavy atom. The van der Waals surface area contributed by atoms with Gasteiger partial charge in [-0.3, -0.25) is 0 Å². The fourth-order valence-corrected chi connectivity index (χ4v) is 4.67. The maximum atomic E-state index is 12.3. The molecule has 1 unspecified atom stereocenters. The number of hydrogen-bond acceptors (Lipinski definition) is 6. The van der Waals surface area contributed by atoms with Gasteiger partial charge in [0.1, 0.15) is 0 Å². The number of aliphatic imine (C=N–C) groups is 1. The van der Waals surface area contributed by atoms with E-state index >= 15 is 0 Å². The summed E-state index contributed by atoms with van der Waals surface area (Å²) < 4.78 is 24.5. The number of benzene rings is 1. The first-order valence-corrected chi connectivity index (χ1v) is 10.7. The molecule has 0 aliphatic carbocycles. The topological polar surface area (TPSA) is 72.3 Å². The standard InChI is InChI=1S/C19H17N3O2S2/c1-12(2)26(23,24)14-7-5-13(6-8-14)16-11-21-19-18(22-16)15(10-20-19)17-4-3-9-25-17/h3-12,15H,1-2H3. The Hall–Kier alpha value is -2.38. The summed E-state index contributed by atoms with van der Waals surface area (Å²) in [4.78, 5) is 15.0. The van der Waals surface area contributed by atoms with E-state index in [9.17, 15) is 8.42 Å². The van der Waals surface area contributed by atoms with Crippen LogP contribution in [0.5, 0.6) is 0 Å². The molecule has 1 aliphatic heterocycles. The van der Waals surface area contributed by atoms with Gasteiger partial charge in [-0.1, -0.05) is 18.2 Å². The van der Waals surface area contributed by atoms with Gasteiger partial charge in [-0.15, -0.1) is 11.3 Å². The molecule has 3 heterocycles. The first-order valence-electron chi connectivity index (χ1n) is 8.25. The van der Waals surface area contributed by atoms with Crippen molar-refractivity contribution in [3.8, 4) is 11.3 Å². The zero-order chi connectivity index (χ0) is 18.3. The van der Waals surface area contributed by atoms with Gasteiger partial charge < -0.3 is 0 Å². The molecule has 1 aromatic carbocycles. The number of fused-ring (bicyclic) bond motifs is 1. The van der Waals surface area contributed by atoms with Crippen LogP contribution in [0.3, 0.4) is 0 Å². The first kappa shape index (κ1) is 17.1. The summed E-state index contributed by atoms with van der Waals surface area (Å²) in [7, 11) is -3.28. The molecule has 7 heteroatoms. The van der Waals surface area contributed by atoms with Crippen LogP contribution in [-0.2, 0) is 9.84 Å². The van der Waals surface area contributed by atoms with Crippen molar-refractivity contribution >= 4 is 33.2 Å². The Kier molecular flexibility index (Phi) is 4.20. The second kappa shape index (κ2) is 6.41. The lowest BCUT2D eigenvalue weighted by atomic mass is 10.1. The predicted molar refractivity (Wildman–Crippen MR) is 104 cm³/mol. The minimum Gasteiger partial charge on any atom is -0.246 e. The van der Waals surface area contributed by atoms with Crippen molar-refractivity contribution in [3.63, 3.8) is 0 Å². The van der Waals surface area contributed by atoms with Crippen molar-refractivity contribution in [2.75, 3.05) is 0 Å². The van der Waals surface area contributed by atoms with E-state index in [-0.39, 0.29) is 5.92 Å². The third-order valence-corrected chi connectivity index (χ3v) is 7.49. The van der Waals surface area contributed by atoms with Crippen LogP contribution in [0.25, 0.3) is 11.3 Å². The summed E-state index contributed by atoms with van der Waals surface area (Å²) in [5.41, 5.74) is 2.38. The summed E-state index contributed by atoms with van der Waals surface area (Å²) in [5, 5.41) is 1.59. The van der Waals surface area contributed by atoms with Gasteiger partial charge in [0, 0.05) is 16.7 Å². The van der Waals surface area contributed by atoms with E-state index in [2.05, 4.69) is 16.0 Å². The lowest BCUT2D eigenvalue weighted by molar-refractivity contribution is 0.587. The summed E-state index contributed by atoms with van der Waals surface area (Å²) in [5.74, 6) is 0.671. The van der Waals surface area contributed by atoms with Gasteiger partial charge in [0.15, 0.2) is 15.7 Å². The fourth-order valence-electron chi connectivity index (χ4n) is 2.82. The van der Waals surface area contributed by atoms with Crippen LogP contribution >= 0.6 is 11.3 Å². The molecule has 0 N–H and O–H groups in total. The van der Waals surface area contributed by atoms with E-state index in [4.69, 9.17) is 4.98 Å². The molecule has 5 nitrogen and oxygen atoms in total. The van der Waals surface area contributed by atoms with Crippen LogP contribution in [0.4, 0.5) is 5.82 Å². The van der Waals surface area contributed by atoms with E-state index in [1.54, 1.807) is 55.6 Å². The number of aromatic nitrogens is 2. The van der Waals surface area contributed by atoms with Crippen molar-refractivity contribution in [1.82, 2.24) is 9.97 Å². The van der Waals surface area contributed by atoms with Crippen LogP contribution in [0.2, 0.25) is 0 Å². The molecule has 0 bridgehead atoms. The number of sulfone groups is 1. The molecule has 132 valence electrons. The molecule has 1 atom stereocenters. The molecule has 2 aromatic heterocycles. The SMILES string of the molecule is CC(C)S(=O)(=O)c1ccc(-c2cnc3c(n2)C(c2cccs2)C=N3)cc1. The second-order valence-corrected chi connectivity index (χ2v) is 9.84. The van der Waals surface area contributed by atoms with Gasteiger partial charge in [0.2, 0.25) is 0 Å². The van der Waals surface area contributed by atoms with Crippen molar-refractivity contribution in [2.24, 2.45) is 4.99 Å². The van der Waals surface area contributed by atoms with E-state index < -0.39 is 15.1 Å². The lowest BCUT2D eigenvalue weighted by Crippen LogP contribution is -2.13. The fraction of sp³-hybridized carbons (Fsp3) is 0.211. The van der Waals surface area contributed by atoms with Crippen molar-refractivity contribution in [3.05, 3.63) is 58.5 Å². The zero-order valence-corrected chi connectivity index (χ0v) is 16.0. The molecular weight excluding hydrogens is 366 g/mol. The van der Waals surface area contributed by atoms with E-state index in [1.165, 1.54) is 4.88 Å². The molecule has 0 amide bonds. The van der Waals surface area contributed by atoms with Gasteiger partial charge in [0.05, 0.1) is 33.6 Å². The van der Waals surface area contributed by atoms with Crippen molar-refractivity contribution < 1.29 is 8.42 Å². The molecular formula is C19H17N3O2S2. The maximum Gasteiger partial charge on any atom is 0.180 e. The smallest absolute Gasteiger partial charge is 0.180 e. The van der Waals surface area contributed by atoms with Gasteiger partial charge in [-0.25, -0.2) is 23.4 Å². The third kappa shape index (κ3) is 2.87. The molecule has 0 saturated carbocycles. The Morgan fingerprint density at radius 1 is 1.12 bits per heavy atom. The summed E-state index contributed by atoms with van der Waals surface area (Å²) in [6.45, 7) is 3.36. The maximum absolute atomic E-state index is 12.3. The minimum atomic E-state index is -3.28. The van der Waals surface area contributed by atoms with Crippen molar-refractivity contribution in [1.29, 1.82) is 0 Å². The Balaban J connectivity index is 1.69. The highest BCUT2D eigenvalue weighted by Crippen LogP contribution is 2.36. The number of thiophene rings is 1. The van der Waals surface area contributed by atoms with Crippen LogP contribution in [0.15, 0.2) is 57.9 Å². The molecule has 0 fully saturated rings. The number of nitrogens with zero attached hydrogens (tertiary/aromatic N) is 3. The second-order valence-electron chi connectivity index (χ2n) is 6.35.